The van der Waals surface area contributed by atoms with Crippen LogP contribution in [0.4, 0.5) is 0 Å². The molecule has 0 saturated heterocycles. The maximum atomic E-state index is 9.54. The predicted octanol–water partition coefficient (Wildman–Crippen LogP) is 4.43. The van der Waals surface area contributed by atoms with Gasteiger partial charge in [0.2, 0.25) is 0 Å². The Labute approximate surface area is 156 Å². The first-order valence-electron chi connectivity index (χ1n) is 7.34. The van der Waals surface area contributed by atoms with E-state index in [4.69, 9.17) is 27.9 Å². The van der Waals surface area contributed by atoms with E-state index in [2.05, 4.69) is 11.6 Å². The van der Waals surface area contributed by atoms with Gasteiger partial charge >= 0.3 is 0 Å². The summed E-state index contributed by atoms with van der Waals surface area (Å²) in [6.45, 7) is 4.04. The first kappa shape index (κ1) is 18.2. The van der Waals surface area contributed by atoms with E-state index in [0.29, 0.717) is 15.8 Å². The molecule has 0 amide bonds. The van der Waals surface area contributed by atoms with E-state index in [9.17, 15) is 9.11 Å². The van der Waals surface area contributed by atoms with Gasteiger partial charge in [-0.2, -0.15) is 10.6 Å². The van der Waals surface area contributed by atoms with Crippen molar-refractivity contribution in [1.29, 1.82) is 0 Å². The van der Waals surface area contributed by atoms with Gasteiger partial charge in [0.25, 0.3) is 0 Å². The number of halogens is 2. The second-order valence-corrected chi connectivity index (χ2v) is 8.89. The van der Waals surface area contributed by atoms with Crippen LogP contribution in [0.15, 0.2) is 36.4 Å². The molecular weight excluding hydrogens is 381 g/mol. The minimum absolute atomic E-state index is 0.184. The SMILES string of the molecule is C=c1[nH]c2cc(Cl)ccc2/c1=C\c1cc(Cl)ccc1OCS(C)(O)O. The van der Waals surface area contributed by atoms with Crippen molar-refractivity contribution in [3.8, 4) is 5.75 Å². The van der Waals surface area contributed by atoms with Crippen LogP contribution >= 0.6 is 33.8 Å². The topological polar surface area (TPSA) is 65.5 Å². The zero-order valence-corrected chi connectivity index (χ0v) is 15.8. The smallest absolute Gasteiger partial charge is 0.175 e. The summed E-state index contributed by atoms with van der Waals surface area (Å²) in [5.74, 6) is 0.324. The highest BCUT2D eigenvalue weighted by Gasteiger charge is 2.09. The third-order valence-corrected chi connectivity index (χ3v) is 4.63. The van der Waals surface area contributed by atoms with Gasteiger partial charge in [0.05, 0.1) is 0 Å². The van der Waals surface area contributed by atoms with Crippen LogP contribution < -0.4 is 15.3 Å². The first-order chi connectivity index (χ1) is 11.7. The van der Waals surface area contributed by atoms with Crippen LogP contribution in [0.2, 0.25) is 10.0 Å². The first-order valence-corrected chi connectivity index (χ1v) is 10.2. The van der Waals surface area contributed by atoms with E-state index in [1.54, 1.807) is 18.2 Å². The van der Waals surface area contributed by atoms with Crippen LogP contribution in [0.5, 0.6) is 5.75 Å². The van der Waals surface area contributed by atoms with Gasteiger partial charge in [-0.1, -0.05) is 35.8 Å². The Morgan fingerprint density at radius 3 is 2.56 bits per heavy atom. The van der Waals surface area contributed by atoms with Crippen LogP contribution in [-0.4, -0.2) is 26.3 Å². The standard InChI is InChI=1S/C18H17Cl2NO3S/c1-11-16(15-5-3-14(20)9-17(15)21-11)8-12-7-13(19)4-6-18(12)24-10-25(2,22)23/h3-9,21-23H,1,10H2,2H3/b16-8-. The summed E-state index contributed by atoms with van der Waals surface area (Å²) in [5, 5.41) is 3.79. The molecule has 0 saturated carbocycles. The summed E-state index contributed by atoms with van der Waals surface area (Å²) in [5.41, 5.74) is 1.60. The molecule has 4 nitrogen and oxygen atoms in total. The molecular formula is C18H17Cl2NO3S. The summed E-state index contributed by atoms with van der Waals surface area (Å²) in [4.78, 5) is 3.20. The Balaban J connectivity index is 2.14. The Bertz CT molecular complexity index is 1040. The molecule has 1 heterocycles. The summed E-state index contributed by atoms with van der Waals surface area (Å²) in [6, 6.07) is 10.7. The van der Waals surface area contributed by atoms with Gasteiger partial charge in [-0.15, -0.1) is 0 Å². The van der Waals surface area contributed by atoms with Crippen molar-refractivity contribution in [1.82, 2.24) is 4.98 Å². The summed E-state index contributed by atoms with van der Waals surface area (Å²) in [7, 11) is -2.76. The zero-order valence-electron chi connectivity index (χ0n) is 13.4. The van der Waals surface area contributed by atoms with E-state index in [1.165, 1.54) is 6.26 Å². The molecule has 0 aliphatic rings. The van der Waals surface area contributed by atoms with Crippen molar-refractivity contribution in [3.05, 3.63) is 62.6 Å². The number of rotatable bonds is 4. The average Bonchev–Trinajstić information content (AvgIpc) is 2.80. The molecule has 0 atom stereocenters. The molecule has 3 N–H and O–H groups in total. The Morgan fingerprint density at radius 2 is 1.84 bits per heavy atom. The summed E-state index contributed by atoms with van der Waals surface area (Å²) >= 11 is 12.2. The molecule has 25 heavy (non-hydrogen) atoms. The predicted molar refractivity (Wildman–Crippen MR) is 107 cm³/mol. The van der Waals surface area contributed by atoms with E-state index in [0.717, 1.165) is 27.0 Å². The fourth-order valence-electron chi connectivity index (χ4n) is 2.51. The molecule has 2 aromatic carbocycles. The maximum Gasteiger partial charge on any atom is 0.175 e. The van der Waals surface area contributed by atoms with Crippen molar-refractivity contribution in [3.63, 3.8) is 0 Å². The summed E-state index contributed by atoms with van der Waals surface area (Å²) in [6.07, 6.45) is 3.24. The lowest BCUT2D eigenvalue weighted by Crippen LogP contribution is -2.20. The lowest BCUT2D eigenvalue weighted by Gasteiger charge is -2.26. The van der Waals surface area contributed by atoms with Gasteiger partial charge in [0.1, 0.15) is 5.75 Å². The normalized spacial score (nSPS) is 13.4. The van der Waals surface area contributed by atoms with Crippen LogP contribution in [0.25, 0.3) is 23.6 Å². The molecule has 7 heteroatoms. The van der Waals surface area contributed by atoms with E-state index in [-0.39, 0.29) is 5.94 Å². The third-order valence-electron chi connectivity index (χ3n) is 3.59. The molecule has 0 unspecified atom stereocenters. The lowest BCUT2D eigenvalue weighted by atomic mass is 10.1. The van der Waals surface area contributed by atoms with Crippen LogP contribution in [0.1, 0.15) is 5.56 Å². The van der Waals surface area contributed by atoms with Gasteiger partial charge in [0, 0.05) is 43.3 Å². The lowest BCUT2D eigenvalue weighted by molar-refractivity contribution is 0.353. The Morgan fingerprint density at radius 1 is 1.16 bits per heavy atom. The highest BCUT2D eigenvalue weighted by Crippen LogP contribution is 2.34. The minimum atomic E-state index is -2.76. The van der Waals surface area contributed by atoms with Crippen LogP contribution in [0.3, 0.4) is 0 Å². The Hall–Kier alpha value is -1.63. The third kappa shape index (κ3) is 4.32. The van der Waals surface area contributed by atoms with Crippen molar-refractivity contribution >= 4 is 57.3 Å². The number of aromatic nitrogens is 1. The van der Waals surface area contributed by atoms with Gasteiger partial charge in [0.15, 0.2) is 5.94 Å². The van der Waals surface area contributed by atoms with Crippen molar-refractivity contribution in [2.75, 3.05) is 12.2 Å². The van der Waals surface area contributed by atoms with Crippen molar-refractivity contribution < 1.29 is 13.8 Å². The largest absolute Gasteiger partial charge is 0.473 e. The number of ether oxygens (including phenoxy) is 1. The van der Waals surface area contributed by atoms with E-state index < -0.39 is 10.6 Å². The van der Waals surface area contributed by atoms with Gasteiger partial charge in [-0.25, -0.2) is 0 Å². The molecule has 0 aliphatic heterocycles. The fraction of sp³-hybridized carbons (Fsp3) is 0.111. The van der Waals surface area contributed by atoms with Crippen LogP contribution in [-0.2, 0) is 0 Å². The monoisotopic (exact) mass is 397 g/mol. The maximum absolute atomic E-state index is 9.54. The molecule has 132 valence electrons. The highest BCUT2D eigenvalue weighted by atomic mass is 35.5. The van der Waals surface area contributed by atoms with Gasteiger partial charge in [-0.05, 0) is 36.4 Å². The van der Waals surface area contributed by atoms with E-state index in [1.807, 2.05) is 24.3 Å². The number of H-pyrrole nitrogens is 1. The molecule has 0 aliphatic carbocycles. The number of fused-ring (bicyclic) bond motifs is 1. The second kappa shape index (κ2) is 6.94. The second-order valence-electron chi connectivity index (χ2n) is 5.79. The minimum Gasteiger partial charge on any atom is -0.473 e. The highest BCUT2D eigenvalue weighted by molar-refractivity contribution is 8.23. The van der Waals surface area contributed by atoms with Crippen molar-refractivity contribution in [2.24, 2.45) is 0 Å². The molecule has 0 radical (unpaired) electrons. The Kier molecular flexibility index (Phi) is 5.04. The molecule has 3 aromatic rings. The van der Waals surface area contributed by atoms with Gasteiger partial charge < -0.3 is 9.72 Å². The van der Waals surface area contributed by atoms with E-state index >= 15 is 0 Å². The molecule has 1 aromatic heterocycles. The number of hydrogen-bond donors (Lipinski definition) is 3. The number of hydrogen-bond acceptors (Lipinski definition) is 3. The van der Waals surface area contributed by atoms with Crippen molar-refractivity contribution in [2.45, 2.75) is 0 Å². The molecule has 0 fully saturated rings. The number of benzene rings is 2. The number of aromatic amines is 1. The molecule has 3 rings (SSSR count). The van der Waals surface area contributed by atoms with Crippen LogP contribution in [0, 0.1) is 0 Å². The molecule has 0 spiro atoms. The fourth-order valence-corrected chi connectivity index (χ4v) is 3.21. The average molecular weight is 398 g/mol. The summed E-state index contributed by atoms with van der Waals surface area (Å²) < 4.78 is 24.7. The zero-order chi connectivity index (χ0) is 18.2. The van der Waals surface area contributed by atoms with Gasteiger partial charge in [-0.3, -0.25) is 9.11 Å². The number of nitrogens with one attached hydrogen (secondary N) is 1. The quantitative estimate of drug-likeness (QED) is 0.609. The molecule has 0 bridgehead atoms.